The van der Waals surface area contributed by atoms with Gasteiger partial charge < -0.3 is 10.2 Å². The van der Waals surface area contributed by atoms with Crippen LogP contribution in [-0.2, 0) is 16.6 Å². The van der Waals surface area contributed by atoms with Gasteiger partial charge in [-0.25, -0.2) is 12.8 Å². The Balaban J connectivity index is 1.88. The van der Waals surface area contributed by atoms with Gasteiger partial charge in [0.25, 0.3) is 0 Å². The number of rotatable bonds is 6. The summed E-state index contributed by atoms with van der Waals surface area (Å²) in [5.74, 6) is -0.288. The zero-order valence-corrected chi connectivity index (χ0v) is 16.6. The number of hydrogen-bond acceptors (Lipinski definition) is 4. The Morgan fingerprint density at radius 1 is 1.07 bits per heavy atom. The lowest BCUT2D eigenvalue weighted by atomic mass is 10.2. The van der Waals surface area contributed by atoms with Crippen LogP contribution in [0.1, 0.15) is 24.8 Å². The molecule has 1 N–H and O–H groups in total. The molecule has 5 nitrogen and oxygen atoms in total. The second kappa shape index (κ2) is 8.27. The summed E-state index contributed by atoms with van der Waals surface area (Å²) in [6.07, 6.45) is 2.88. The maximum absolute atomic E-state index is 13.4. The fraction of sp³-hybridized carbons (Fsp3) is 0.400. The standard InChI is InChI=1S/C20H26FN3O2S/c1-23(2)20-10-9-18(27(25,26)24-11-4-3-5-12-24)14-19(20)22-15-16-7-6-8-17(21)13-16/h6-10,13-14,22H,3-5,11-12,15H2,1-2H3. The summed E-state index contributed by atoms with van der Waals surface area (Å²) in [6, 6.07) is 11.5. The molecule has 3 rings (SSSR count). The van der Waals surface area contributed by atoms with Gasteiger partial charge in [-0.1, -0.05) is 18.6 Å². The first-order chi connectivity index (χ1) is 12.9. The van der Waals surface area contributed by atoms with Gasteiger partial charge in [0.05, 0.1) is 16.3 Å². The molecule has 0 atom stereocenters. The van der Waals surface area contributed by atoms with E-state index in [-0.39, 0.29) is 10.7 Å². The normalized spacial score (nSPS) is 15.5. The highest BCUT2D eigenvalue weighted by molar-refractivity contribution is 7.89. The van der Waals surface area contributed by atoms with Gasteiger partial charge in [0.2, 0.25) is 10.0 Å². The van der Waals surface area contributed by atoms with Crippen LogP contribution in [0.5, 0.6) is 0 Å². The lowest BCUT2D eigenvalue weighted by Crippen LogP contribution is -2.35. The van der Waals surface area contributed by atoms with Gasteiger partial charge in [-0.15, -0.1) is 0 Å². The number of halogens is 1. The van der Waals surface area contributed by atoms with Crippen LogP contribution in [0.25, 0.3) is 0 Å². The minimum atomic E-state index is -3.50. The van der Waals surface area contributed by atoms with Gasteiger partial charge in [0, 0.05) is 33.7 Å². The Labute approximate surface area is 160 Å². The van der Waals surface area contributed by atoms with Crippen molar-refractivity contribution in [1.82, 2.24) is 4.31 Å². The molecule has 0 radical (unpaired) electrons. The predicted molar refractivity (Wildman–Crippen MR) is 107 cm³/mol. The van der Waals surface area contributed by atoms with Crippen LogP contribution >= 0.6 is 0 Å². The molecule has 2 aromatic rings. The number of hydrogen-bond donors (Lipinski definition) is 1. The van der Waals surface area contributed by atoms with Crippen LogP contribution in [0, 0.1) is 5.82 Å². The van der Waals surface area contributed by atoms with Crippen molar-refractivity contribution in [3.8, 4) is 0 Å². The molecule has 0 bridgehead atoms. The molecule has 7 heteroatoms. The summed E-state index contributed by atoms with van der Waals surface area (Å²) in [5.41, 5.74) is 2.38. The number of piperidine rings is 1. The topological polar surface area (TPSA) is 52.7 Å². The summed E-state index contributed by atoms with van der Waals surface area (Å²) in [7, 11) is 0.307. The fourth-order valence-electron chi connectivity index (χ4n) is 3.31. The third-order valence-electron chi connectivity index (χ3n) is 4.77. The first kappa shape index (κ1) is 19.6. The minimum absolute atomic E-state index is 0.288. The molecule has 1 saturated heterocycles. The molecule has 27 heavy (non-hydrogen) atoms. The summed E-state index contributed by atoms with van der Waals surface area (Å²) < 4.78 is 40.9. The van der Waals surface area contributed by atoms with Crippen LogP contribution in [0.15, 0.2) is 47.4 Å². The van der Waals surface area contributed by atoms with Gasteiger partial charge in [0.15, 0.2) is 0 Å². The second-order valence-corrected chi connectivity index (χ2v) is 8.96. The monoisotopic (exact) mass is 391 g/mol. The average Bonchev–Trinajstić information content (AvgIpc) is 2.67. The van der Waals surface area contributed by atoms with Crippen molar-refractivity contribution in [2.45, 2.75) is 30.7 Å². The largest absolute Gasteiger partial charge is 0.379 e. The van der Waals surface area contributed by atoms with E-state index < -0.39 is 10.0 Å². The minimum Gasteiger partial charge on any atom is -0.379 e. The van der Waals surface area contributed by atoms with Crippen LogP contribution in [0.3, 0.4) is 0 Å². The van der Waals surface area contributed by atoms with E-state index in [1.54, 1.807) is 22.5 Å². The zero-order valence-electron chi connectivity index (χ0n) is 15.8. The van der Waals surface area contributed by atoms with Crippen LogP contribution in [0.2, 0.25) is 0 Å². The molecule has 0 spiro atoms. The van der Waals surface area contributed by atoms with Crippen molar-refractivity contribution in [2.24, 2.45) is 0 Å². The first-order valence-electron chi connectivity index (χ1n) is 9.18. The van der Waals surface area contributed by atoms with E-state index in [1.807, 2.05) is 31.1 Å². The second-order valence-electron chi connectivity index (χ2n) is 7.02. The van der Waals surface area contributed by atoms with Crippen molar-refractivity contribution in [1.29, 1.82) is 0 Å². The average molecular weight is 392 g/mol. The SMILES string of the molecule is CN(C)c1ccc(S(=O)(=O)N2CCCCC2)cc1NCc1cccc(F)c1. The maximum Gasteiger partial charge on any atom is 0.243 e. The quantitative estimate of drug-likeness (QED) is 0.816. The number of sulfonamides is 1. The summed E-state index contributed by atoms with van der Waals surface area (Å²) in [5, 5.41) is 3.26. The van der Waals surface area contributed by atoms with Crippen molar-refractivity contribution in [3.05, 3.63) is 53.8 Å². The number of benzene rings is 2. The Bertz CT molecular complexity index is 894. The van der Waals surface area contributed by atoms with E-state index in [2.05, 4.69) is 5.32 Å². The number of nitrogens with one attached hydrogen (secondary N) is 1. The van der Waals surface area contributed by atoms with E-state index in [1.165, 1.54) is 12.1 Å². The molecule has 1 heterocycles. The smallest absolute Gasteiger partial charge is 0.243 e. The van der Waals surface area contributed by atoms with Gasteiger partial charge in [0.1, 0.15) is 5.82 Å². The van der Waals surface area contributed by atoms with Gasteiger partial charge in [-0.3, -0.25) is 0 Å². The molecule has 0 amide bonds. The first-order valence-corrected chi connectivity index (χ1v) is 10.6. The molecule has 146 valence electrons. The highest BCUT2D eigenvalue weighted by Gasteiger charge is 2.26. The zero-order chi connectivity index (χ0) is 19.4. The Morgan fingerprint density at radius 3 is 2.48 bits per heavy atom. The lowest BCUT2D eigenvalue weighted by Gasteiger charge is -2.27. The summed E-state index contributed by atoms with van der Waals surface area (Å²) >= 11 is 0. The van der Waals surface area contributed by atoms with Gasteiger partial charge in [-0.2, -0.15) is 4.31 Å². The molecule has 1 aliphatic heterocycles. The van der Waals surface area contributed by atoms with Crippen molar-refractivity contribution < 1.29 is 12.8 Å². The summed E-state index contributed by atoms with van der Waals surface area (Å²) in [4.78, 5) is 2.21. The lowest BCUT2D eigenvalue weighted by molar-refractivity contribution is 0.346. The van der Waals surface area contributed by atoms with E-state index >= 15 is 0 Å². The van der Waals surface area contributed by atoms with E-state index in [4.69, 9.17) is 0 Å². The number of anilines is 2. The van der Waals surface area contributed by atoms with Gasteiger partial charge >= 0.3 is 0 Å². The molecular formula is C20H26FN3O2S. The van der Waals surface area contributed by atoms with E-state index in [0.29, 0.717) is 25.3 Å². The highest BCUT2D eigenvalue weighted by atomic mass is 32.2. The van der Waals surface area contributed by atoms with Crippen LogP contribution < -0.4 is 10.2 Å². The van der Waals surface area contributed by atoms with Crippen molar-refractivity contribution >= 4 is 21.4 Å². The molecular weight excluding hydrogens is 365 g/mol. The number of nitrogens with zero attached hydrogens (tertiary/aromatic N) is 2. The third-order valence-corrected chi connectivity index (χ3v) is 6.67. The Morgan fingerprint density at radius 2 is 1.81 bits per heavy atom. The molecule has 0 aliphatic carbocycles. The highest BCUT2D eigenvalue weighted by Crippen LogP contribution is 2.30. The predicted octanol–water partition coefficient (Wildman–Crippen LogP) is 3.68. The van der Waals surface area contributed by atoms with E-state index in [0.717, 1.165) is 30.5 Å². The van der Waals surface area contributed by atoms with E-state index in [9.17, 15) is 12.8 Å². The molecule has 1 fully saturated rings. The molecule has 0 saturated carbocycles. The van der Waals surface area contributed by atoms with Gasteiger partial charge in [-0.05, 0) is 48.7 Å². The van der Waals surface area contributed by atoms with Crippen LogP contribution in [-0.4, -0.2) is 39.9 Å². The van der Waals surface area contributed by atoms with Crippen molar-refractivity contribution in [3.63, 3.8) is 0 Å². The van der Waals surface area contributed by atoms with Crippen LogP contribution in [0.4, 0.5) is 15.8 Å². The molecule has 0 aromatic heterocycles. The maximum atomic E-state index is 13.4. The summed E-state index contributed by atoms with van der Waals surface area (Å²) in [6.45, 7) is 1.56. The Hall–Kier alpha value is -2.12. The molecule has 0 unspecified atom stereocenters. The molecule has 2 aromatic carbocycles. The fourth-order valence-corrected chi connectivity index (χ4v) is 4.85. The van der Waals surface area contributed by atoms with Crippen molar-refractivity contribution in [2.75, 3.05) is 37.4 Å². The molecule has 1 aliphatic rings. The third kappa shape index (κ3) is 4.59. The Kier molecular flexibility index (Phi) is 6.01.